The molecule has 1 heterocycles. The monoisotopic (exact) mass is 255 g/mol. The number of likely N-dealkylation sites (tertiary alicyclic amines) is 1. The molecule has 2 N–H and O–H groups in total. The van der Waals surface area contributed by atoms with Gasteiger partial charge in [-0.05, 0) is 50.5 Å². The predicted octanol–water partition coefficient (Wildman–Crippen LogP) is 1.72. The van der Waals surface area contributed by atoms with Gasteiger partial charge in [-0.3, -0.25) is 9.69 Å². The molecule has 0 spiro atoms. The molecule has 4 nitrogen and oxygen atoms in total. The zero-order valence-corrected chi connectivity index (χ0v) is 11.2. The van der Waals surface area contributed by atoms with Gasteiger partial charge in [-0.1, -0.05) is 6.92 Å². The van der Waals surface area contributed by atoms with E-state index in [0.29, 0.717) is 12.0 Å². The molecule has 0 aromatic carbocycles. The molecule has 0 aromatic rings. The Morgan fingerprint density at radius 1 is 1.33 bits per heavy atom. The number of hydrogen-bond donors (Lipinski definition) is 2. The number of carboxylic acid groups (broad SMARTS) is 1. The number of aliphatic hydroxyl groups is 1. The molecule has 2 aliphatic rings. The average molecular weight is 255 g/mol. The average Bonchev–Trinajstić information content (AvgIpc) is 2.75. The van der Waals surface area contributed by atoms with Gasteiger partial charge < -0.3 is 10.2 Å². The summed E-state index contributed by atoms with van der Waals surface area (Å²) in [4.78, 5) is 13.2. The van der Waals surface area contributed by atoms with Crippen molar-refractivity contribution in [1.29, 1.82) is 0 Å². The van der Waals surface area contributed by atoms with E-state index >= 15 is 0 Å². The van der Waals surface area contributed by atoms with Crippen molar-refractivity contribution in [3.05, 3.63) is 0 Å². The van der Waals surface area contributed by atoms with Crippen LogP contribution in [-0.2, 0) is 4.79 Å². The number of hydrogen-bond acceptors (Lipinski definition) is 3. The van der Waals surface area contributed by atoms with Crippen LogP contribution in [-0.4, -0.2) is 46.3 Å². The first kappa shape index (κ1) is 13.8. The maximum atomic E-state index is 10.8. The molecule has 1 aliphatic carbocycles. The van der Waals surface area contributed by atoms with Crippen molar-refractivity contribution in [2.75, 3.05) is 13.1 Å². The third kappa shape index (κ3) is 3.23. The highest BCUT2D eigenvalue weighted by atomic mass is 16.4. The van der Waals surface area contributed by atoms with E-state index in [0.717, 1.165) is 45.2 Å². The summed E-state index contributed by atoms with van der Waals surface area (Å²) in [6.45, 7) is 4.08. The van der Waals surface area contributed by atoms with Crippen molar-refractivity contribution in [1.82, 2.24) is 4.90 Å². The highest BCUT2D eigenvalue weighted by molar-refractivity contribution is 5.67. The lowest BCUT2D eigenvalue weighted by molar-refractivity contribution is -0.138. The van der Waals surface area contributed by atoms with Gasteiger partial charge in [0.05, 0.1) is 6.10 Å². The first-order chi connectivity index (χ1) is 8.58. The van der Waals surface area contributed by atoms with E-state index in [-0.39, 0.29) is 18.4 Å². The molecular formula is C14H25NO3. The van der Waals surface area contributed by atoms with Gasteiger partial charge in [0.25, 0.3) is 0 Å². The van der Waals surface area contributed by atoms with E-state index < -0.39 is 5.97 Å². The van der Waals surface area contributed by atoms with Gasteiger partial charge in [-0.15, -0.1) is 0 Å². The van der Waals surface area contributed by atoms with E-state index in [2.05, 4.69) is 4.90 Å². The summed E-state index contributed by atoms with van der Waals surface area (Å²) < 4.78 is 0. The predicted molar refractivity (Wildman–Crippen MR) is 69.4 cm³/mol. The van der Waals surface area contributed by atoms with Crippen LogP contribution >= 0.6 is 0 Å². The molecule has 0 aromatic heterocycles. The molecule has 1 aliphatic heterocycles. The second-order valence-electron chi connectivity index (χ2n) is 6.04. The summed E-state index contributed by atoms with van der Waals surface area (Å²) >= 11 is 0. The van der Waals surface area contributed by atoms with Crippen LogP contribution in [0.3, 0.4) is 0 Å². The molecule has 0 bridgehead atoms. The minimum absolute atomic E-state index is 0.168. The molecule has 1 saturated heterocycles. The van der Waals surface area contributed by atoms with Crippen LogP contribution in [0.15, 0.2) is 0 Å². The van der Waals surface area contributed by atoms with Crippen molar-refractivity contribution in [3.63, 3.8) is 0 Å². The number of aliphatic carboxylic acids is 1. The second kappa shape index (κ2) is 6.02. The van der Waals surface area contributed by atoms with Crippen LogP contribution < -0.4 is 0 Å². The number of aliphatic hydroxyl groups excluding tert-OH is 1. The van der Waals surface area contributed by atoms with Gasteiger partial charge in [-0.25, -0.2) is 0 Å². The minimum atomic E-state index is -0.694. The zero-order chi connectivity index (χ0) is 13.1. The Morgan fingerprint density at radius 3 is 2.72 bits per heavy atom. The Labute approximate surface area is 109 Å². The van der Waals surface area contributed by atoms with Crippen molar-refractivity contribution in [3.8, 4) is 0 Å². The quantitative estimate of drug-likeness (QED) is 0.803. The first-order valence-corrected chi connectivity index (χ1v) is 7.22. The summed E-state index contributed by atoms with van der Waals surface area (Å²) in [5.74, 6) is 0.0204. The second-order valence-corrected chi connectivity index (χ2v) is 6.04. The summed E-state index contributed by atoms with van der Waals surface area (Å²) in [5.41, 5.74) is 0. The zero-order valence-electron chi connectivity index (χ0n) is 11.2. The van der Waals surface area contributed by atoms with Crippen molar-refractivity contribution >= 4 is 5.97 Å². The summed E-state index contributed by atoms with van der Waals surface area (Å²) in [6.07, 6.45) is 5.52. The lowest BCUT2D eigenvalue weighted by Crippen LogP contribution is -2.47. The summed E-state index contributed by atoms with van der Waals surface area (Å²) in [5, 5.41) is 18.9. The number of nitrogens with zero attached hydrogens (tertiary/aromatic N) is 1. The highest BCUT2D eigenvalue weighted by Crippen LogP contribution is 2.31. The Bertz CT molecular complexity index is 295. The van der Waals surface area contributed by atoms with Crippen LogP contribution in [0.5, 0.6) is 0 Å². The van der Waals surface area contributed by atoms with Crippen LogP contribution in [0.25, 0.3) is 0 Å². The van der Waals surface area contributed by atoms with E-state index in [1.165, 1.54) is 0 Å². The first-order valence-electron chi connectivity index (χ1n) is 7.22. The topological polar surface area (TPSA) is 60.8 Å². The Morgan fingerprint density at radius 2 is 2.11 bits per heavy atom. The molecule has 0 radical (unpaired) electrons. The fourth-order valence-corrected chi connectivity index (χ4v) is 3.59. The van der Waals surface area contributed by atoms with Crippen LogP contribution in [0, 0.1) is 11.8 Å². The molecule has 2 fully saturated rings. The third-order valence-electron chi connectivity index (χ3n) is 4.70. The van der Waals surface area contributed by atoms with Crippen LogP contribution in [0.2, 0.25) is 0 Å². The van der Waals surface area contributed by atoms with Crippen LogP contribution in [0.4, 0.5) is 0 Å². The lowest BCUT2D eigenvalue weighted by Gasteiger charge is -2.40. The Hall–Kier alpha value is -0.610. The molecule has 4 heteroatoms. The Balaban J connectivity index is 1.89. The standard InChI is InChI=1S/C14H25NO3/c1-10(8-14(17)18)11-4-3-7-15(9-11)12-5-2-6-13(12)16/h10-13,16H,2-9H2,1H3,(H,17,18). The molecule has 4 atom stereocenters. The fourth-order valence-electron chi connectivity index (χ4n) is 3.59. The number of piperidine rings is 1. The van der Waals surface area contributed by atoms with Gasteiger partial charge in [0, 0.05) is 19.0 Å². The lowest BCUT2D eigenvalue weighted by atomic mass is 9.84. The van der Waals surface area contributed by atoms with Gasteiger partial charge in [0.2, 0.25) is 0 Å². The van der Waals surface area contributed by atoms with E-state index in [4.69, 9.17) is 5.11 Å². The molecule has 18 heavy (non-hydrogen) atoms. The number of carbonyl (C=O) groups is 1. The van der Waals surface area contributed by atoms with Crippen molar-refractivity contribution in [2.45, 2.75) is 57.6 Å². The maximum Gasteiger partial charge on any atom is 0.303 e. The van der Waals surface area contributed by atoms with Gasteiger partial charge in [-0.2, -0.15) is 0 Å². The molecule has 4 unspecified atom stereocenters. The molecule has 2 rings (SSSR count). The maximum absolute atomic E-state index is 10.8. The fraction of sp³-hybridized carbons (Fsp3) is 0.929. The summed E-state index contributed by atoms with van der Waals surface area (Å²) in [6, 6.07) is 0.324. The SMILES string of the molecule is CC(CC(=O)O)C1CCCN(C2CCCC2O)C1. The third-order valence-corrected chi connectivity index (χ3v) is 4.70. The molecule has 0 amide bonds. The van der Waals surface area contributed by atoms with E-state index in [1.54, 1.807) is 0 Å². The number of carboxylic acids is 1. The molecular weight excluding hydrogens is 230 g/mol. The highest BCUT2D eigenvalue weighted by Gasteiger charge is 2.34. The van der Waals surface area contributed by atoms with Crippen molar-refractivity contribution in [2.24, 2.45) is 11.8 Å². The smallest absolute Gasteiger partial charge is 0.303 e. The van der Waals surface area contributed by atoms with Gasteiger partial charge in [0.1, 0.15) is 0 Å². The largest absolute Gasteiger partial charge is 0.481 e. The molecule has 1 saturated carbocycles. The van der Waals surface area contributed by atoms with E-state index in [9.17, 15) is 9.90 Å². The summed E-state index contributed by atoms with van der Waals surface area (Å²) in [7, 11) is 0. The van der Waals surface area contributed by atoms with Gasteiger partial charge in [0.15, 0.2) is 0 Å². The Kier molecular flexibility index (Phi) is 4.62. The minimum Gasteiger partial charge on any atom is -0.481 e. The molecule has 104 valence electrons. The van der Waals surface area contributed by atoms with Crippen LogP contribution in [0.1, 0.15) is 45.4 Å². The van der Waals surface area contributed by atoms with Gasteiger partial charge >= 0.3 is 5.97 Å². The number of rotatable bonds is 4. The van der Waals surface area contributed by atoms with E-state index in [1.807, 2.05) is 6.92 Å². The van der Waals surface area contributed by atoms with Crippen molar-refractivity contribution < 1.29 is 15.0 Å². The normalized spacial score (nSPS) is 35.6.